The second-order valence-electron chi connectivity index (χ2n) is 21.3. The number of ether oxygens (including phenoxy) is 3. The first-order valence-corrected chi connectivity index (χ1v) is 31.9. The third-order valence-corrected chi connectivity index (χ3v) is 13.9. The topological polar surface area (TPSA) is 78.9 Å². The zero-order chi connectivity index (χ0) is 53.6. The third-order valence-electron chi connectivity index (χ3n) is 13.9. The molecule has 0 spiro atoms. The van der Waals surface area contributed by atoms with Crippen LogP contribution in [0.4, 0.5) is 0 Å². The van der Waals surface area contributed by atoms with Gasteiger partial charge in [0.2, 0.25) is 0 Å². The average Bonchev–Trinajstić information content (AvgIpc) is 3.40. The first-order valence-electron chi connectivity index (χ1n) is 31.9. The largest absolute Gasteiger partial charge is 0.462 e. The highest BCUT2D eigenvalue weighted by atomic mass is 16.6. The average molecular weight is 1030 g/mol. The summed E-state index contributed by atoms with van der Waals surface area (Å²) < 4.78 is 16.9. The van der Waals surface area contributed by atoms with E-state index in [0.717, 1.165) is 96.3 Å². The van der Waals surface area contributed by atoms with Gasteiger partial charge in [0.1, 0.15) is 13.2 Å². The summed E-state index contributed by atoms with van der Waals surface area (Å²) in [5.74, 6) is -0.885. The third kappa shape index (κ3) is 59.7. The standard InChI is InChI=1S/C68H120O6/c1-4-7-10-13-16-19-22-25-27-29-31-33-34-36-37-39-41-43-46-49-52-55-58-61-67(70)73-64-65(63-72-66(69)60-57-54-51-48-45-24-21-18-15-12-9-6-3)74-68(71)62-59-56-53-50-47-44-42-40-38-35-32-30-28-26-23-20-17-14-11-8-5-2/h8,11,17-18,20-21,26,28-29,31-32,35,65H,4-7,9-10,12-16,19,22-25,27,30,33-34,36-64H2,1-3H3/b11-8-,20-17-,21-18-,28-26-,31-29-,35-32-. The van der Waals surface area contributed by atoms with Crippen LogP contribution in [0.2, 0.25) is 0 Å². The number of rotatable bonds is 58. The van der Waals surface area contributed by atoms with Crippen molar-refractivity contribution in [3.05, 3.63) is 72.9 Å². The van der Waals surface area contributed by atoms with Crippen molar-refractivity contribution in [1.29, 1.82) is 0 Å². The van der Waals surface area contributed by atoms with Gasteiger partial charge in [-0.25, -0.2) is 0 Å². The van der Waals surface area contributed by atoms with Crippen molar-refractivity contribution in [3.63, 3.8) is 0 Å². The van der Waals surface area contributed by atoms with Crippen molar-refractivity contribution in [2.24, 2.45) is 0 Å². The highest BCUT2D eigenvalue weighted by Gasteiger charge is 2.19. The van der Waals surface area contributed by atoms with Gasteiger partial charge in [-0.05, 0) is 109 Å². The minimum atomic E-state index is -0.784. The molecule has 0 aliphatic heterocycles. The van der Waals surface area contributed by atoms with Crippen LogP contribution in [0, 0.1) is 0 Å². The van der Waals surface area contributed by atoms with E-state index in [-0.39, 0.29) is 31.1 Å². The number of unbranched alkanes of at least 4 members (excludes halogenated alkanes) is 35. The van der Waals surface area contributed by atoms with Crippen LogP contribution < -0.4 is 0 Å². The normalized spacial score (nSPS) is 12.5. The van der Waals surface area contributed by atoms with Gasteiger partial charge in [-0.15, -0.1) is 0 Å². The maximum absolute atomic E-state index is 12.9. The lowest BCUT2D eigenvalue weighted by Gasteiger charge is -2.18. The second kappa shape index (κ2) is 62.4. The van der Waals surface area contributed by atoms with Crippen LogP contribution >= 0.6 is 0 Å². The lowest BCUT2D eigenvalue weighted by Crippen LogP contribution is -2.30. The van der Waals surface area contributed by atoms with Crippen molar-refractivity contribution in [2.45, 2.75) is 329 Å². The molecule has 0 aliphatic carbocycles. The molecule has 0 aromatic rings. The molecule has 0 rings (SSSR count). The van der Waals surface area contributed by atoms with Crippen LogP contribution in [0.1, 0.15) is 323 Å². The fraction of sp³-hybridized carbons (Fsp3) is 0.779. The molecule has 0 aromatic heterocycles. The number of esters is 3. The van der Waals surface area contributed by atoms with Gasteiger partial charge in [0.05, 0.1) is 0 Å². The molecular weight excluding hydrogens is 913 g/mol. The summed E-state index contributed by atoms with van der Waals surface area (Å²) in [6.07, 6.45) is 80.5. The first kappa shape index (κ1) is 70.8. The van der Waals surface area contributed by atoms with Crippen molar-refractivity contribution in [3.8, 4) is 0 Å². The SMILES string of the molecule is CC/C=C\C/C=C\C/C=C\C/C=C\CCCCCCCCCCC(=O)OC(COC(=O)CCCCCCC/C=C\CCCCC)COC(=O)CCCCCCCCCCCCC/C=C\CCCCCCCCCC. The van der Waals surface area contributed by atoms with Crippen molar-refractivity contribution in [1.82, 2.24) is 0 Å². The Hall–Kier alpha value is -3.15. The summed E-state index contributed by atoms with van der Waals surface area (Å²) >= 11 is 0. The van der Waals surface area contributed by atoms with Crippen LogP contribution in [-0.4, -0.2) is 37.2 Å². The summed E-state index contributed by atoms with van der Waals surface area (Å²) in [6, 6.07) is 0. The van der Waals surface area contributed by atoms with Crippen LogP contribution in [0.15, 0.2) is 72.9 Å². The number of allylic oxidation sites excluding steroid dienone is 12. The molecule has 0 fully saturated rings. The van der Waals surface area contributed by atoms with E-state index < -0.39 is 6.10 Å². The van der Waals surface area contributed by atoms with Crippen molar-refractivity contribution < 1.29 is 28.6 Å². The molecule has 6 heteroatoms. The number of carbonyl (C=O) groups excluding carboxylic acids is 3. The monoisotopic (exact) mass is 1030 g/mol. The summed E-state index contributed by atoms with van der Waals surface area (Å²) in [5.41, 5.74) is 0. The van der Waals surface area contributed by atoms with Crippen LogP contribution in [0.5, 0.6) is 0 Å². The molecule has 6 nitrogen and oxygen atoms in total. The van der Waals surface area contributed by atoms with E-state index in [1.165, 1.54) is 186 Å². The predicted octanol–water partition coefficient (Wildman–Crippen LogP) is 21.7. The Balaban J connectivity index is 4.30. The summed E-state index contributed by atoms with van der Waals surface area (Å²) in [5, 5.41) is 0. The van der Waals surface area contributed by atoms with E-state index in [2.05, 4.69) is 93.7 Å². The Bertz CT molecular complexity index is 1370. The van der Waals surface area contributed by atoms with Gasteiger partial charge in [0.15, 0.2) is 6.10 Å². The summed E-state index contributed by atoms with van der Waals surface area (Å²) in [4.78, 5) is 38.3. The van der Waals surface area contributed by atoms with E-state index in [4.69, 9.17) is 14.2 Å². The Morgan fingerprint density at radius 3 is 0.865 bits per heavy atom. The van der Waals surface area contributed by atoms with E-state index >= 15 is 0 Å². The van der Waals surface area contributed by atoms with Gasteiger partial charge in [-0.3, -0.25) is 14.4 Å². The van der Waals surface area contributed by atoms with Crippen LogP contribution in [-0.2, 0) is 28.6 Å². The molecule has 0 saturated heterocycles. The van der Waals surface area contributed by atoms with E-state index in [1.807, 2.05) is 0 Å². The van der Waals surface area contributed by atoms with E-state index in [9.17, 15) is 14.4 Å². The molecule has 428 valence electrons. The molecule has 1 unspecified atom stereocenters. The highest BCUT2D eigenvalue weighted by Crippen LogP contribution is 2.16. The molecule has 0 aromatic carbocycles. The Labute approximate surface area is 459 Å². The minimum absolute atomic E-state index is 0.0801. The fourth-order valence-electron chi connectivity index (χ4n) is 9.13. The van der Waals surface area contributed by atoms with Crippen LogP contribution in [0.25, 0.3) is 0 Å². The smallest absolute Gasteiger partial charge is 0.306 e. The number of hydrogen-bond acceptors (Lipinski definition) is 6. The fourth-order valence-corrected chi connectivity index (χ4v) is 9.13. The van der Waals surface area contributed by atoms with E-state index in [0.29, 0.717) is 19.3 Å². The summed E-state index contributed by atoms with van der Waals surface area (Å²) in [6.45, 7) is 6.52. The van der Waals surface area contributed by atoms with Gasteiger partial charge >= 0.3 is 17.9 Å². The quantitative estimate of drug-likeness (QED) is 0.0261. The number of carbonyl (C=O) groups is 3. The van der Waals surface area contributed by atoms with Crippen LogP contribution in [0.3, 0.4) is 0 Å². The molecule has 0 aliphatic rings. The van der Waals surface area contributed by atoms with Gasteiger partial charge in [-0.1, -0.05) is 267 Å². The Morgan fingerprint density at radius 1 is 0.284 bits per heavy atom. The van der Waals surface area contributed by atoms with Gasteiger partial charge < -0.3 is 14.2 Å². The molecular formula is C68H120O6. The molecule has 0 N–H and O–H groups in total. The zero-order valence-corrected chi connectivity index (χ0v) is 49.1. The molecule has 74 heavy (non-hydrogen) atoms. The molecule has 1 atom stereocenters. The highest BCUT2D eigenvalue weighted by molar-refractivity contribution is 5.71. The second-order valence-corrected chi connectivity index (χ2v) is 21.3. The van der Waals surface area contributed by atoms with Gasteiger partial charge in [0, 0.05) is 19.3 Å². The maximum atomic E-state index is 12.9. The first-order chi connectivity index (χ1) is 36.5. The van der Waals surface area contributed by atoms with Gasteiger partial charge in [0.25, 0.3) is 0 Å². The summed E-state index contributed by atoms with van der Waals surface area (Å²) in [7, 11) is 0. The molecule has 0 amide bonds. The van der Waals surface area contributed by atoms with Crippen molar-refractivity contribution in [2.75, 3.05) is 13.2 Å². The zero-order valence-electron chi connectivity index (χ0n) is 49.1. The molecule has 0 radical (unpaired) electrons. The Kier molecular flexibility index (Phi) is 59.7. The predicted molar refractivity (Wildman–Crippen MR) is 321 cm³/mol. The molecule has 0 bridgehead atoms. The van der Waals surface area contributed by atoms with Crippen molar-refractivity contribution >= 4 is 17.9 Å². The lowest BCUT2D eigenvalue weighted by atomic mass is 10.0. The molecule has 0 heterocycles. The maximum Gasteiger partial charge on any atom is 0.306 e. The minimum Gasteiger partial charge on any atom is -0.462 e. The van der Waals surface area contributed by atoms with E-state index in [1.54, 1.807) is 0 Å². The molecule has 0 saturated carbocycles. The van der Waals surface area contributed by atoms with Gasteiger partial charge in [-0.2, -0.15) is 0 Å². The number of hydrogen-bond donors (Lipinski definition) is 0. The lowest BCUT2D eigenvalue weighted by molar-refractivity contribution is -0.167. The Morgan fingerprint density at radius 2 is 0.527 bits per heavy atom.